The fourth-order valence-corrected chi connectivity index (χ4v) is 3.69. The van der Waals surface area contributed by atoms with Crippen LogP contribution in [-0.4, -0.2) is 6.04 Å². The molecule has 1 N–H and O–H groups in total. The highest BCUT2D eigenvalue weighted by Gasteiger charge is 2.30. The summed E-state index contributed by atoms with van der Waals surface area (Å²) in [5.41, 5.74) is 4.35. The van der Waals surface area contributed by atoms with Crippen LogP contribution in [0.3, 0.4) is 0 Å². The SMILES string of the molecule is Cc1ccccc1C1CCCC1N[C@H](C)c1ccccc1. The molecule has 110 valence electrons. The zero-order valence-electron chi connectivity index (χ0n) is 13.0. The largest absolute Gasteiger partial charge is 0.307 e. The van der Waals surface area contributed by atoms with Gasteiger partial charge in [-0.1, -0.05) is 61.0 Å². The molecule has 3 rings (SSSR count). The van der Waals surface area contributed by atoms with Crippen molar-refractivity contribution >= 4 is 0 Å². The maximum atomic E-state index is 3.87. The predicted molar refractivity (Wildman–Crippen MR) is 89.6 cm³/mol. The van der Waals surface area contributed by atoms with E-state index in [1.54, 1.807) is 0 Å². The zero-order chi connectivity index (χ0) is 14.7. The fraction of sp³-hybridized carbons (Fsp3) is 0.400. The number of hydrogen-bond acceptors (Lipinski definition) is 1. The first-order chi connectivity index (χ1) is 10.3. The predicted octanol–water partition coefficient (Wildman–Crippen LogP) is 4.98. The summed E-state index contributed by atoms with van der Waals surface area (Å²) >= 11 is 0. The Morgan fingerprint density at radius 3 is 2.43 bits per heavy atom. The van der Waals surface area contributed by atoms with E-state index in [0.717, 1.165) is 0 Å². The molecular weight excluding hydrogens is 254 g/mol. The van der Waals surface area contributed by atoms with E-state index in [0.29, 0.717) is 18.0 Å². The fourth-order valence-electron chi connectivity index (χ4n) is 3.69. The smallest absolute Gasteiger partial charge is 0.0294 e. The van der Waals surface area contributed by atoms with Crippen molar-refractivity contribution in [2.75, 3.05) is 0 Å². The molecule has 1 nitrogen and oxygen atoms in total. The lowest BCUT2D eigenvalue weighted by Crippen LogP contribution is -2.33. The summed E-state index contributed by atoms with van der Waals surface area (Å²) in [7, 11) is 0. The molecule has 0 amide bonds. The Morgan fingerprint density at radius 1 is 0.952 bits per heavy atom. The Hall–Kier alpha value is -1.60. The van der Waals surface area contributed by atoms with E-state index < -0.39 is 0 Å². The van der Waals surface area contributed by atoms with Crippen molar-refractivity contribution in [3.05, 3.63) is 71.3 Å². The van der Waals surface area contributed by atoms with Crippen molar-refractivity contribution < 1.29 is 0 Å². The Bertz CT molecular complexity index is 575. The molecule has 1 fully saturated rings. The average Bonchev–Trinajstić information content (AvgIpc) is 2.96. The second-order valence-electron chi connectivity index (χ2n) is 6.30. The van der Waals surface area contributed by atoms with Crippen molar-refractivity contribution in [3.8, 4) is 0 Å². The first-order valence-electron chi connectivity index (χ1n) is 8.12. The third-order valence-corrected chi connectivity index (χ3v) is 4.87. The molecule has 0 spiro atoms. The van der Waals surface area contributed by atoms with Crippen LogP contribution in [0.15, 0.2) is 54.6 Å². The molecule has 1 aliphatic carbocycles. The van der Waals surface area contributed by atoms with Gasteiger partial charge in [0.2, 0.25) is 0 Å². The molecule has 0 radical (unpaired) electrons. The van der Waals surface area contributed by atoms with Crippen LogP contribution in [0.25, 0.3) is 0 Å². The third-order valence-electron chi connectivity index (χ3n) is 4.87. The van der Waals surface area contributed by atoms with E-state index in [2.05, 4.69) is 73.8 Å². The van der Waals surface area contributed by atoms with Crippen LogP contribution in [0.5, 0.6) is 0 Å². The Balaban J connectivity index is 1.74. The summed E-state index contributed by atoms with van der Waals surface area (Å²) in [6, 6.07) is 20.7. The van der Waals surface area contributed by atoms with Gasteiger partial charge in [0.05, 0.1) is 0 Å². The summed E-state index contributed by atoms with van der Waals surface area (Å²) in [6.07, 6.45) is 3.93. The molecule has 0 bridgehead atoms. The standard InChI is InChI=1S/C20H25N/c1-15-9-6-7-12-18(15)19-13-8-14-20(19)21-16(2)17-10-4-3-5-11-17/h3-7,9-12,16,19-21H,8,13-14H2,1-2H3/t16-,19?,20?/m1/s1. The van der Waals surface area contributed by atoms with Gasteiger partial charge in [-0.3, -0.25) is 0 Å². The lowest BCUT2D eigenvalue weighted by Gasteiger charge is -2.26. The van der Waals surface area contributed by atoms with Gasteiger partial charge in [-0.15, -0.1) is 0 Å². The van der Waals surface area contributed by atoms with Crippen molar-refractivity contribution in [3.63, 3.8) is 0 Å². The minimum absolute atomic E-state index is 0.417. The summed E-state index contributed by atoms with van der Waals surface area (Å²) in [5, 5.41) is 3.87. The highest BCUT2D eigenvalue weighted by Crippen LogP contribution is 2.37. The molecule has 0 saturated heterocycles. The lowest BCUT2D eigenvalue weighted by molar-refractivity contribution is 0.427. The van der Waals surface area contributed by atoms with Gasteiger partial charge in [0.25, 0.3) is 0 Å². The molecule has 0 aliphatic heterocycles. The van der Waals surface area contributed by atoms with Crippen LogP contribution in [-0.2, 0) is 0 Å². The van der Waals surface area contributed by atoms with Gasteiger partial charge in [-0.2, -0.15) is 0 Å². The molecule has 3 atom stereocenters. The summed E-state index contributed by atoms with van der Waals surface area (Å²) < 4.78 is 0. The van der Waals surface area contributed by atoms with Crippen molar-refractivity contribution in [1.29, 1.82) is 0 Å². The van der Waals surface area contributed by atoms with Gasteiger partial charge in [-0.05, 0) is 49.3 Å². The van der Waals surface area contributed by atoms with Gasteiger partial charge in [-0.25, -0.2) is 0 Å². The van der Waals surface area contributed by atoms with E-state index in [4.69, 9.17) is 0 Å². The third kappa shape index (κ3) is 3.19. The first-order valence-corrected chi connectivity index (χ1v) is 8.12. The van der Waals surface area contributed by atoms with Gasteiger partial charge in [0.15, 0.2) is 0 Å². The number of hydrogen-bond donors (Lipinski definition) is 1. The first kappa shape index (κ1) is 14.3. The van der Waals surface area contributed by atoms with Crippen molar-refractivity contribution in [2.24, 2.45) is 0 Å². The van der Waals surface area contributed by atoms with Crippen LogP contribution in [0, 0.1) is 6.92 Å². The maximum absolute atomic E-state index is 3.87. The molecule has 2 unspecified atom stereocenters. The van der Waals surface area contributed by atoms with Crippen LogP contribution in [0.2, 0.25) is 0 Å². The van der Waals surface area contributed by atoms with Gasteiger partial charge in [0.1, 0.15) is 0 Å². The molecule has 0 aromatic heterocycles. The topological polar surface area (TPSA) is 12.0 Å². The summed E-state index contributed by atoms with van der Waals surface area (Å²) in [6.45, 7) is 4.52. The number of aryl methyl sites for hydroxylation is 1. The van der Waals surface area contributed by atoms with Crippen LogP contribution >= 0.6 is 0 Å². The van der Waals surface area contributed by atoms with Gasteiger partial charge in [0, 0.05) is 12.1 Å². The van der Waals surface area contributed by atoms with E-state index in [1.807, 2.05) is 0 Å². The summed E-state index contributed by atoms with van der Waals surface area (Å²) in [4.78, 5) is 0. The van der Waals surface area contributed by atoms with Crippen molar-refractivity contribution in [1.82, 2.24) is 5.32 Å². The lowest BCUT2D eigenvalue weighted by atomic mass is 9.90. The normalized spacial score (nSPS) is 23.1. The molecule has 2 aromatic rings. The molecule has 21 heavy (non-hydrogen) atoms. The quantitative estimate of drug-likeness (QED) is 0.832. The number of rotatable bonds is 4. The van der Waals surface area contributed by atoms with E-state index in [1.165, 1.54) is 36.0 Å². The second-order valence-corrected chi connectivity index (χ2v) is 6.30. The second kappa shape index (κ2) is 6.44. The molecular formula is C20H25N. The number of benzene rings is 2. The van der Waals surface area contributed by atoms with E-state index >= 15 is 0 Å². The summed E-state index contributed by atoms with van der Waals surface area (Å²) in [5.74, 6) is 0.664. The molecule has 0 heterocycles. The average molecular weight is 279 g/mol. The van der Waals surface area contributed by atoms with Crippen LogP contribution < -0.4 is 5.32 Å². The van der Waals surface area contributed by atoms with Gasteiger partial charge < -0.3 is 5.32 Å². The van der Waals surface area contributed by atoms with Crippen LogP contribution in [0.1, 0.15) is 54.8 Å². The van der Waals surface area contributed by atoms with Gasteiger partial charge >= 0.3 is 0 Å². The molecule has 1 aliphatic rings. The van der Waals surface area contributed by atoms with E-state index in [-0.39, 0.29) is 0 Å². The Labute approximate surface area is 128 Å². The minimum atomic E-state index is 0.417. The minimum Gasteiger partial charge on any atom is -0.307 e. The highest BCUT2D eigenvalue weighted by atomic mass is 15.0. The van der Waals surface area contributed by atoms with Crippen LogP contribution in [0.4, 0.5) is 0 Å². The van der Waals surface area contributed by atoms with E-state index in [9.17, 15) is 0 Å². The maximum Gasteiger partial charge on any atom is 0.0294 e. The highest BCUT2D eigenvalue weighted by molar-refractivity contribution is 5.31. The zero-order valence-corrected chi connectivity index (χ0v) is 13.0. The number of nitrogens with one attached hydrogen (secondary N) is 1. The molecule has 1 heteroatoms. The van der Waals surface area contributed by atoms with Crippen molar-refractivity contribution in [2.45, 2.75) is 51.1 Å². The molecule has 2 aromatic carbocycles. The monoisotopic (exact) mass is 279 g/mol. The Kier molecular flexibility index (Phi) is 4.40. The Morgan fingerprint density at radius 2 is 1.67 bits per heavy atom. The molecule has 1 saturated carbocycles.